The standard InChI is InChI=1S/C30H35FN4/c1-30(2,3)25-9-4-21(5-10-25)18-33-19-22-6-13-27-28(23-14-16-32-17-15-23)29(34-35(27)20-22)24-7-11-26(31)12-8-24/h6-8,11-17,20-21,25,33H,4-5,9-10,18-19H2,1-3H3. The Hall–Kier alpha value is -3.05. The van der Waals surface area contributed by atoms with E-state index in [4.69, 9.17) is 5.10 Å². The molecule has 1 N–H and O–H groups in total. The Morgan fingerprint density at radius 2 is 1.63 bits per heavy atom. The minimum atomic E-state index is -0.247. The highest BCUT2D eigenvalue weighted by Gasteiger charge is 2.29. The number of nitrogens with zero attached hydrogens (tertiary/aromatic N) is 3. The lowest BCUT2D eigenvalue weighted by molar-refractivity contribution is 0.149. The van der Waals surface area contributed by atoms with Gasteiger partial charge in [-0.25, -0.2) is 8.91 Å². The van der Waals surface area contributed by atoms with Gasteiger partial charge in [-0.15, -0.1) is 0 Å². The van der Waals surface area contributed by atoms with Crippen LogP contribution in [0.25, 0.3) is 27.9 Å². The van der Waals surface area contributed by atoms with E-state index in [1.807, 2.05) is 16.6 Å². The SMILES string of the molecule is CC(C)(C)C1CCC(CNCc2ccc3c(-c4ccncc4)c(-c4ccc(F)cc4)nn3c2)CC1. The average Bonchev–Trinajstić information content (AvgIpc) is 3.23. The van der Waals surface area contributed by atoms with Crippen molar-refractivity contribution in [2.45, 2.75) is 53.0 Å². The number of halogens is 1. The smallest absolute Gasteiger partial charge is 0.123 e. The fourth-order valence-corrected chi connectivity index (χ4v) is 5.46. The van der Waals surface area contributed by atoms with Crippen LogP contribution in [0.3, 0.4) is 0 Å². The molecular weight excluding hydrogens is 435 g/mol. The third kappa shape index (κ3) is 5.30. The summed E-state index contributed by atoms with van der Waals surface area (Å²) in [5.41, 5.74) is 6.49. The maximum absolute atomic E-state index is 13.6. The van der Waals surface area contributed by atoms with Gasteiger partial charge in [-0.05, 0) is 103 Å². The molecule has 0 radical (unpaired) electrons. The first-order valence-corrected chi connectivity index (χ1v) is 12.8. The van der Waals surface area contributed by atoms with Crippen molar-refractivity contribution in [3.63, 3.8) is 0 Å². The van der Waals surface area contributed by atoms with Gasteiger partial charge in [0.15, 0.2) is 0 Å². The highest BCUT2D eigenvalue weighted by molar-refractivity contribution is 5.92. The zero-order valence-corrected chi connectivity index (χ0v) is 21.0. The second-order valence-electron chi connectivity index (χ2n) is 11.0. The highest BCUT2D eigenvalue weighted by atomic mass is 19.1. The maximum Gasteiger partial charge on any atom is 0.123 e. The third-order valence-electron chi connectivity index (χ3n) is 7.61. The van der Waals surface area contributed by atoms with E-state index in [2.05, 4.69) is 49.4 Å². The molecule has 1 saturated carbocycles. The summed E-state index contributed by atoms with van der Waals surface area (Å²) in [5, 5.41) is 8.61. The van der Waals surface area contributed by atoms with Crippen molar-refractivity contribution in [3.05, 3.63) is 78.5 Å². The molecule has 0 unspecified atom stereocenters. The highest BCUT2D eigenvalue weighted by Crippen LogP contribution is 2.39. The molecule has 0 saturated heterocycles. The van der Waals surface area contributed by atoms with E-state index in [0.717, 1.165) is 52.8 Å². The lowest BCUT2D eigenvalue weighted by Gasteiger charge is -2.37. The van der Waals surface area contributed by atoms with Crippen LogP contribution in [0.4, 0.5) is 4.39 Å². The van der Waals surface area contributed by atoms with Crippen LogP contribution in [-0.2, 0) is 6.54 Å². The fraction of sp³-hybridized carbons (Fsp3) is 0.400. The molecule has 0 atom stereocenters. The van der Waals surface area contributed by atoms with Crippen molar-refractivity contribution in [2.75, 3.05) is 6.54 Å². The van der Waals surface area contributed by atoms with Gasteiger partial charge in [0.2, 0.25) is 0 Å². The summed E-state index contributed by atoms with van der Waals surface area (Å²) < 4.78 is 15.5. The summed E-state index contributed by atoms with van der Waals surface area (Å²) in [7, 11) is 0. The van der Waals surface area contributed by atoms with E-state index in [1.54, 1.807) is 24.5 Å². The number of aromatic nitrogens is 3. The summed E-state index contributed by atoms with van der Waals surface area (Å²) in [6.45, 7) is 9.03. The van der Waals surface area contributed by atoms with Gasteiger partial charge in [0.1, 0.15) is 11.5 Å². The maximum atomic E-state index is 13.6. The monoisotopic (exact) mass is 470 g/mol. The van der Waals surface area contributed by atoms with Gasteiger partial charge >= 0.3 is 0 Å². The minimum Gasteiger partial charge on any atom is -0.312 e. The van der Waals surface area contributed by atoms with E-state index < -0.39 is 0 Å². The number of pyridine rings is 2. The van der Waals surface area contributed by atoms with Gasteiger partial charge in [-0.3, -0.25) is 4.98 Å². The molecule has 5 rings (SSSR count). The number of nitrogens with one attached hydrogen (secondary N) is 1. The van der Waals surface area contributed by atoms with Gasteiger partial charge in [-0.1, -0.05) is 26.8 Å². The van der Waals surface area contributed by atoms with Crippen LogP contribution in [0.15, 0.2) is 67.1 Å². The molecule has 0 aliphatic heterocycles. The Morgan fingerprint density at radius 1 is 0.914 bits per heavy atom. The second kappa shape index (κ2) is 9.90. The number of fused-ring (bicyclic) bond motifs is 1. The molecule has 4 aromatic rings. The van der Waals surface area contributed by atoms with Gasteiger partial charge in [-0.2, -0.15) is 5.10 Å². The largest absolute Gasteiger partial charge is 0.312 e. The normalized spacial score (nSPS) is 18.7. The number of hydrogen-bond donors (Lipinski definition) is 1. The van der Waals surface area contributed by atoms with Crippen LogP contribution in [0, 0.1) is 23.1 Å². The Bertz CT molecular complexity index is 1260. The lowest BCUT2D eigenvalue weighted by atomic mass is 9.70. The molecule has 5 heteroatoms. The number of benzene rings is 1. The Morgan fingerprint density at radius 3 is 2.31 bits per heavy atom. The molecule has 1 aliphatic rings. The minimum absolute atomic E-state index is 0.247. The molecule has 3 heterocycles. The quantitative estimate of drug-likeness (QED) is 0.325. The first kappa shape index (κ1) is 23.7. The van der Waals surface area contributed by atoms with Crippen LogP contribution < -0.4 is 5.32 Å². The molecule has 1 aromatic carbocycles. The van der Waals surface area contributed by atoms with Gasteiger partial charge in [0.25, 0.3) is 0 Å². The number of rotatable bonds is 6. The topological polar surface area (TPSA) is 42.2 Å². The fourth-order valence-electron chi connectivity index (χ4n) is 5.46. The van der Waals surface area contributed by atoms with Crippen LogP contribution in [0.2, 0.25) is 0 Å². The summed E-state index contributed by atoms with van der Waals surface area (Å²) >= 11 is 0. The third-order valence-corrected chi connectivity index (χ3v) is 7.61. The summed E-state index contributed by atoms with van der Waals surface area (Å²) in [6.07, 6.45) is 11.0. The first-order valence-electron chi connectivity index (χ1n) is 12.8. The Kier molecular flexibility index (Phi) is 6.70. The van der Waals surface area contributed by atoms with E-state index in [1.165, 1.54) is 43.4 Å². The molecule has 182 valence electrons. The predicted molar refractivity (Wildman–Crippen MR) is 140 cm³/mol. The summed E-state index contributed by atoms with van der Waals surface area (Å²) in [6, 6.07) is 14.9. The second-order valence-corrected chi connectivity index (χ2v) is 11.0. The van der Waals surface area contributed by atoms with E-state index in [-0.39, 0.29) is 5.82 Å². The molecule has 4 nitrogen and oxygen atoms in total. The van der Waals surface area contributed by atoms with Crippen LogP contribution in [-0.4, -0.2) is 21.1 Å². The molecule has 0 bridgehead atoms. The molecule has 1 aliphatic carbocycles. The lowest BCUT2D eigenvalue weighted by Crippen LogP contribution is -2.30. The molecule has 1 fully saturated rings. The van der Waals surface area contributed by atoms with E-state index in [9.17, 15) is 4.39 Å². The van der Waals surface area contributed by atoms with Crippen LogP contribution >= 0.6 is 0 Å². The average molecular weight is 471 g/mol. The van der Waals surface area contributed by atoms with Crippen molar-refractivity contribution in [3.8, 4) is 22.4 Å². The Balaban J connectivity index is 1.33. The molecule has 3 aromatic heterocycles. The Labute approximate surface area is 207 Å². The predicted octanol–water partition coefficient (Wildman–Crippen LogP) is 7.14. The summed E-state index contributed by atoms with van der Waals surface area (Å²) in [4.78, 5) is 4.17. The van der Waals surface area contributed by atoms with Gasteiger partial charge < -0.3 is 5.32 Å². The zero-order chi connectivity index (χ0) is 24.4. The van der Waals surface area contributed by atoms with Crippen LogP contribution in [0.5, 0.6) is 0 Å². The zero-order valence-electron chi connectivity index (χ0n) is 21.0. The van der Waals surface area contributed by atoms with Crippen molar-refractivity contribution < 1.29 is 4.39 Å². The van der Waals surface area contributed by atoms with Crippen molar-refractivity contribution in [1.82, 2.24) is 19.9 Å². The van der Waals surface area contributed by atoms with Gasteiger partial charge in [0.05, 0.1) is 5.52 Å². The van der Waals surface area contributed by atoms with Crippen molar-refractivity contribution in [1.29, 1.82) is 0 Å². The van der Waals surface area contributed by atoms with Crippen molar-refractivity contribution >= 4 is 5.52 Å². The van der Waals surface area contributed by atoms with Crippen LogP contribution in [0.1, 0.15) is 52.0 Å². The van der Waals surface area contributed by atoms with Crippen molar-refractivity contribution in [2.24, 2.45) is 17.3 Å². The van der Waals surface area contributed by atoms with E-state index in [0.29, 0.717) is 5.41 Å². The first-order chi connectivity index (χ1) is 16.9. The van der Waals surface area contributed by atoms with Gasteiger partial charge in [0, 0.05) is 36.3 Å². The molecule has 0 amide bonds. The summed E-state index contributed by atoms with van der Waals surface area (Å²) in [5.74, 6) is 1.37. The number of hydrogen-bond acceptors (Lipinski definition) is 3. The van der Waals surface area contributed by atoms with E-state index >= 15 is 0 Å². The molecular formula is C30H35FN4. The molecule has 0 spiro atoms. The molecule has 35 heavy (non-hydrogen) atoms.